The van der Waals surface area contributed by atoms with Gasteiger partial charge in [0.05, 0.1) is 12.1 Å². The summed E-state index contributed by atoms with van der Waals surface area (Å²) in [5, 5.41) is 3.44. The Balaban J connectivity index is 3.08. The van der Waals surface area contributed by atoms with Crippen molar-refractivity contribution < 1.29 is 4.74 Å². The van der Waals surface area contributed by atoms with Crippen LogP contribution in [0.2, 0.25) is 0 Å². The van der Waals surface area contributed by atoms with Crippen LogP contribution in [0.15, 0.2) is 24.3 Å². The number of rotatable bonds is 5. The van der Waals surface area contributed by atoms with E-state index in [0.29, 0.717) is 0 Å². The van der Waals surface area contributed by atoms with E-state index in [0.717, 1.165) is 6.61 Å². The highest BCUT2D eigenvalue weighted by molar-refractivity contribution is 5.30. The lowest BCUT2D eigenvalue weighted by Gasteiger charge is -2.37. The average molecular weight is 291 g/mol. The van der Waals surface area contributed by atoms with Crippen LogP contribution in [0.5, 0.6) is 0 Å². The van der Waals surface area contributed by atoms with Crippen molar-refractivity contribution in [3.63, 3.8) is 0 Å². The Morgan fingerprint density at radius 3 is 1.86 bits per heavy atom. The van der Waals surface area contributed by atoms with Crippen LogP contribution >= 0.6 is 0 Å². The molecule has 21 heavy (non-hydrogen) atoms. The van der Waals surface area contributed by atoms with Crippen LogP contribution < -0.4 is 5.32 Å². The summed E-state index contributed by atoms with van der Waals surface area (Å²) in [6.07, 6.45) is 0.146. The quantitative estimate of drug-likeness (QED) is 0.849. The highest BCUT2D eigenvalue weighted by atomic mass is 16.5. The molecule has 0 saturated heterocycles. The van der Waals surface area contributed by atoms with Crippen molar-refractivity contribution in [3.8, 4) is 0 Å². The van der Waals surface area contributed by atoms with Crippen LogP contribution in [0.1, 0.15) is 65.6 Å². The van der Waals surface area contributed by atoms with Gasteiger partial charge in [-0.15, -0.1) is 0 Å². The van der Waals surface area contributed by atoms with Crippen molar-refractivity contribution in [2.24, 2.45) is 5.41 Å². The van der Waals surface area contributed by atoms with Gasteiger partial charge < -0.3 is 10.1 Å². The number of nitrogens with one attached hydrogen (secondary N) is 1. The second kappa shape index (κ2) is 6.93. The minimum Gasteiger partial charge on any atom is -0.376 e. The maximum atomic E-state index is 6.05. The lowest BCUT2D eigenvalue weighted by Crippen LogP contribution is -2.41. The topological polar surface area (TPSA) is 21.3 Å². The number of hydrogen-bond acceptors (Lipinski definition) is 2. The van der Waals surface area contributed by atoms with Crippen LogP contribution in [-0.2, 0) is 10.2 Å². The van der Waals surface area contributed by atoms with Gasteiger partial charge in [-0.1, -0.05) is 65.8 Å². The molecule has 2 unspecified atom stereocenters. The number of ether oxygens (including phenoxy) is 1. The Bertz CT molecular complexity index is 422. The second-order valence-electron chi connectivity index (χ2n) is 7.88. The molecule has 0 aliphatic rings. The van der Waals surface area contributed by atoms with Crippen molar-refractivity contribution >= 4 is 0 Å². The Hall–Kier alpha value is -0.860. The van der Waals surface area contributed by atoms with E-state index >= 15 is 0 Å². The Morgan fingerprint density at radius 2 is 1.52 bits per heavy atom. The van der Waals surface area contributed by atoms with Crippen molar-refractivity contribution in [1.82, 2.24) is 5.32 Å². The highest BCUT2D eigenvalue weighted by Gasteiger charge is 2.33. The Morgan fingerprint density at radius 1 is 1.00 bits per heavy atom. The first kappa shape index (κ1) is 18.2. The van der Waals surface area contributed by atoms with Gasteiger partial charge in [-0.05, 0) is 35.9 Å². The molecule has 1 aromatic rings. The van der Waals surface area contributed by atoms with Gasteiger partial charge in [0.2, 0.25) is 0 Å². The second-order valence-corrected chi connectivity index (χ2v) is 7.88. The lowest BCUT2D eigenvalue weighted by molar-refractivity contribution is -0.0350. The fourth-order valence-corrected chi connectivity index (χ4v) is 2.71. The molecule has 2 atom stereocenters. The Labute approximate surface area is 131 Å². The smallest absolute Gasteiger partial charge is 0.0817 e. The molecule has 1 N–H and O–H groups in total. The first-order valence-corrected chi connectivity index (χ1v) is 8.00. The van der Waals surface area contributed by atoms with Gasteiger partial charge in [0.15, 0.2) is 0 Å². The van der Waals surface area contributed by atoms with Crippen molar-refractivity contribution in [2.75, 3.05) is 13.7 Å². The molecule has 1 aromatic carbocycles. The molecular formula is C19H33NO. The summed E-state index contributed by atoms with van der Waals surface area (Å²) in [7, 11) is 2.01. The molecule has 0 heterocycles. The number of likely N-dealkylation sites (N-methyl/N-ethyl adjacent to an activating group) is 1. The van der Waals surface area contributed by atoms with Crippen LogP contribution in [0, 0.1) is 5.41 Å². The van der Waals surface area contributed by atoms with E-state index in [1.807, 2.05) is 7.05 Å². The van der Waals surface area contributed by atoms with Gasteiger partial charge in [-0.3, -0.25) is 0 Å². The Kier molecular flexibility index (Phi) is 6.01. The molecule has 0 amide bonds. The summed E-state index contributed by atoms with van der Waals surface area (Å²) in [5.74, 6) is 0. The summed E-state index contributed by atoms with van der Waals surface area (Å²) in [4.78, 5) is 0. The molecule has 0 fully saturated rings. The summed E-state index contributed by atoms with van der Waals surface area (Å²) in [6.45, 7) is 16.2. The molecule has 0 bridgehead atoms. The van der Waals surface area contributed by atoms with E-state index in [9.17, 15) is 0 Å². The normalized spacial score (nSPS) is 15.8. The fourth-order valence-electron chi connectivity index (χ4n) is 2.71. The summed E-state index contributed by atoms with van der Waals surface area (Å²) in [5.41, 5.74) is 2.94. The molecule has 0 saturated carbocycles. The van der Waals surface area contributed by atoms with Crippen LogP contribution in [0.4, 0.5) is 0 Å². The van der Waals surface area contributed by atoms with Gasteiger partial charge in [0.1, 0.15) is 0 Å². The third-order valence-electron chi connectivity index (χ3n) is 3.95. The summed E-state index contributed by atoms with van der Waals surface area (Å²) < 4.78 is 6.05. The highest BCUT2D eigenvalue weighted by Crippen LogP contribution is 2.33. The number of hydrogen-bond donors (Lipinski definition) is 1. The zero-order valence-corrected chi connectivity index (χ0v) is 15.1. The van der Waals surface area contributed by atoms with E-state index < -0.39 is 0 Å². The van der Waals surface area contributed by atoms with Gasteiger partial charge in [0, 0.05) is 6.61 Å². The van der Waals surface area contributed by atoms with Gasteiger partial charge in [0.25, 0.3) is 0 Å². The predicted octanol–water partition coefficient (Wildman–Crippen LogP) is 4.70. The maximum Gasteiger partial charge on any atom is 0.0817 e. The SMILES string of the molecule is CCOC(C(NC)c1ccc(C(C)(C)C)cc1)C(C)(C)C. The molecule has 0 aliphatic heterocycles. The first-order chi connectivity index (χ1) is 9.61. The molecule has 120 valence electrons. The molecule has 1 rings (SSSR count). The van der Waals surface area contributed by atoms with Crippen LogP contribution in [0.25, 0.3) is 0 Å². The van der Waals surface area contributed by atoms with Crippen molar-refractivity contribution in [3.05, 3.63) is 35.4 Å². The molecular weight excluding hydrogens is 258 g/mol. The fraction of sp³-hybridized carbons (Fsp3) is 0.684. The molecule has 0 radical (unpaired) electrons. The molecule has 0 aromatic heterocycles. The van der Waals surface area contributed by atoms with E-state index in [-0.39, 0.29) is 23.0 Å². The van der Waals surface area contributed by atoms with Crippen molar-refractivity contribution in [2.45, 2.75) is 66.0 Å². The molecule has 0 aliphatic carbocycles. The third-order valence-corrected chi connectivity index (χ3v) is 3.95. The van der Waals surface area contributed by atoms with E-state index in [1.54, 1.807) is 0 Å². The minimum atomic E-state index is 0.0897. The summed E-state index contributed by atoms with van der Waals surface area (Å²) >= 11 is 0. The average Bonchev–Trinajstić information content (AvgIpc) is 2.37. The predicted molar refractivity (Wildman–Crippen MR) is 91.8 cm³/mol. The summed E-state index contributed by atoms with van der Waals surface area (Å²) in [6, 6.07) is 9.16. The maximum absolute atomic E-state index is 6.05. The van der Waals surface area contributed by atoms with Gasteiger partial charge >= 0.3 is 0 Å². The minimum absolute atomic E-state index is 0.0897. The van der Waals surface area contributed by atoms with Gasteiger partial charge in [-0.2, -0.15) is 0 Å². The van der Waals surface area contributed by atoms with E-state index in [1.165, 1.54) is 11.1 Å². The zero-order valence-electron chi connectivity index (χ0n) is 15.1. The van der Waals surface area contributed by atoms with E-state index in [4.69, 9.17) is 4.74 Å². The number of benzene rings is 1. The lowest BCUT2D eigenvalue weighted by atomic mass is 9.80. The van der Waals surface area contributed by atoms with E-state index in [2.05, 4.69) is 78.0 Å². The molecule has 2 heteroatoms. The third kappa shape index (κ3) is 4.82. The standard InChI is InChI=1S/C19H33NO/c1-9-21-17(19(5,6)7)16(20-8)14-10-12-15(13-11-14)18(2,3)4/h10-13,16-17,20H,9H2,1-8H3. The monoisotopic (exact) mass is 291 g/mol. The molecule has 0 spiro atoms. The van der Waals surface area contributed by atoms with Crippen molar-refractivity contribution in [1.29, 1.82) is 0 Å². The van der Waals surface area contributed by atoms with Crippen LogP contribution in [-0.4, -0.2) is 19.8 Å². The van der Waals surface area contributed by atoms with Crippen LogP contribution in [0.3, 0.4) is 0 Å². The van der Waals surface area contributed by atoms with Gasteiger partial charge in [-0.25, -0.2) is 0 Å². The first-order valence-electron chi connectivity index (χ1n) is 8.00. The zero-order chi connectivity index (χ0) is 16.3. The largest absolute Gasteiger partial charge is 0.376 e. The molecule has 2 nitrogen and oxygen atoms in total.